The highest BCUT2D eigenvalue weighted by molar-refractivity contribution is 6.09. The highest BCUT2D eigenvalue weighted by Gasteiger charge is 2.47. The maximum Gasteiger partial charge on any atom is 0.173 e. The van der Waals surface area contributed by atoms with Crippen LogP contribution in [0.3, 0.4) is 0 Å². The summed E-state index contributed by atoms with van der Waals surface area (Å²) in [5.74, 6) is 0.191. The molecule has 1 aliphatic heterocycles. The minimum Gasteiger partial charge on any atom is -0.453 e. The third kappa shape index (κ3) is 5.25. The van der Waals surface area contributed by atoms with Crippen LogP contribution in [0.1, 0.15) is 40.4 Å². The van der Waals surface area contributed by atoms with E-state index in [2.05, 4.69) is 206 Å². The van der Waals surface area contributed by atoms with Crippen molar-refractivity contribution in [1.82, 2.24) is 5.32 Å². The molecule has 3 heteroatoms. The van der Waals surface area contributed by atoms with Gasteiger partial charge in [-0.1, -0.05) is 188 Å². The second-order valence-corrected chi connectivity index (χ2v) is 16.1. The first-order valence-electron chi connectivity index (χ1n) is 20.9. The van der Waals surface area contributed by atoms with Crippen molar-refractivity contribution < 1.29 is 4.42 Å². The zero-order chi connectivity index (χ0) is 39.6. The predicted octanol–water partition coefficient (Wildman–Crippen LogP) is 12.4. The average molecular weight is 769 g/mol. The molecule has 2 aliphatic carbocycles. The van der Waals surface area contributed by atoms with E-state index in [4.69, 9.17) is 9.41 Å². The summed E-state index contributed by atoms with van der Waals surface area (Å²) in [5, 5.41) is 8.29. The molecule has 3 nitrogen and oxygen atoms in total. The Hall–Kier alpha value is -7.49. The minimum atomic E-state index is -0.554. The van der Waals surface area contributed by atoms with E-state index in [9.17, 15) is 0 Å². The van der Waals surface area contributed by atoms with Gasteiger partial charge in [0.1, 0.15) is 17.1 Å². The van der Waals surface area contributed by atoms with Crippen molar-refractivity contribution in [1.29, 1.82) is 0 Å². The summed E-state index contributed by atoms with van der Waals surface area (Å²) in [4.78, 5) is 5.30. The molecule has 3 aliphatic rings. The Morgan fingerprint density at radius 1 is 0.550 bits per heavy atom. The van der Waals surface area contributed by atoms with E-state index in [1.165, 1.54) is 60.8 Å². The number of hydrogen-bond donors (Lipinski definition) is 1. The lowest BCUT2D eigenvalue weighted by Gasteiger charge is -2.34. The summed E-state index contributed by atoms with van der Waals surface area (Å²) in [6.45, 7) is 0. The van der Waals surface area contributed by atoms with Crippen molar-refractivity contribution in [3.63, 3.8) is 0 Å². The van der Waals surface area contributed by atoms with Crippen LogP contribution < -0.4 is 16.1 Å². The van der Waals surface area contributed by atoms with E-state index in [0.717, 1.165) is 45.0 Å². The SMILES string of the molecule is C1=CCC(C2=c3oc4ccccc4c3=NC(c3ccc(-c4ccc5c(c4)C(c4ccccc4)(c4ccccc4)c4cc6ccccc6c(-c6ccccc6)c4-5)cc3)N2)C=C1. The lowest BCUT2D eigenvalue weighted by Crippen LogP contribution is -2.40. The molecule has 0 bridgehead atoms. The summed E-state index contributed by atoms with van der Waals surface area (Å²) in [5.41, 5.74) is 15.9. The van der Waals surface area contributed by atoms with Gasteiger partial charge in [0, 0.05) is 11.3 Å². The standard InChI is InChI=1S/C57H40N2O/c1-5-17-38(18-6-1)51-45-26-14-13-21-42(45)36-49-52(51)46-34-33-41(35-48(46)57(49,43-22-9-3-10-23-43)44-24-11-4-12-25-44)37-29-31-40(32-30-37)56-58-53(39-19-7-2-8-20-39)55-54(59-56)47-27-15-16-28-50(47)60-55/h1-19,21-36,39,56,58H,20H2. The van der Waals surface area contributed by atoms with Gasteiger partial charge in [-0.15, -0.1) is 0 Å². The molecule has 12 rings (SSSR count). The van der Waals surface area contributed by atoms with Gasteiger partial charge in [0.2, 0.25) is 0 Å². The first-order chi connectivity index (χ1) is 29.8. The third-order valence-electron chi connectivity index (χ3n) is 12.9. The monoisotopic (exact) mass is 768 g/mol. The Bertz CT molecular complexity index is 3270. The molecule has 1 aromatic heterocycles. The van der Waals surface area contributed by atoms with Gasteiger partial charge < -0.3 is 9.73 Å². The van der Waals surface area contributed by atoms with Crippen LogP contribution in [0.4, 0.5) is 0 Å². The first-order valence-corrected chi connectivity index (χ1v) is 20.9. The fourth-order valence-electron chi connectivity index (χ4n) is 10.2. The Morgan fingerprint density at radius 2 is 1.22 bits per heavy atom. The maximum atomic E-state index is 6.46. The average Bonchev–Trinajstić information content (AvgIpc) is 3.85. The smallest absolute Gasteiger partial charge is 0.173 e. The van der Waals surface area contributed by atoms with Gasteiger partial charge in [-0.25, -0.2) is 0 Å². The van der Waals surface area contributed by atoms with Crippen molar-refractivity contribution >= 4 is 27.4 Å². The van der Waals surface area contributed by atoms with Crippen LogP contribution in [0.25, 0.3) is 60.8 Å². The molecular formula is C57H40N2O. The number of nitrogens with one attached hydrogen (secondary N) is 1. The number of rotatable bonds is 6. The summed E-state index contributed by atoms with van der Waals surface area (Å²) < 4.78 is 6.46. The zero-order valence-corrected chi connectivity index (χ0v) is 32.9. The third-order valence-corrected chi connectivity index (χ3v) is 12.9. The number of fused-ring (bicyclic) bond motifs is 7. The minimum absolute atomic E-state index is 0.191. The van der Waals surface area contributed by atoms with Crippen LogP contribution in [-0.2, 0) is 5.41 Å². The van der Waals surface area contributed by atoms with Crippen LogP contribution in [0.5, 0.6) is 0 Å². The van der Waals surface area contributed by atoms with E-state index >= 15 is 0 Å². The largest absolute Gasteiger partial charge is 0.453 e. The van der Waals surface area contributed by atoms with Crippen LogP contribution in [0, 0.1) is 5.92 Å². The normalized spacial score (nSPS) is 17.2. The Labute approximate surface area is 349 Å². The molecule has 284 valence electrons. The molecule has 2 atom stereocenters. The Kier molecular flexibility index (Phi) is 7.96. The highest BCUT2D eigenvalue weighted by atomic mass is 16.3. The molecule has 0 spiro atoms. The molecule has 0 radical (unpaired) electrons. The molecule has 1 N–H and O–H groups in total. The molecule has 0 saturated heterocycles. The summed E-state index contributed by atoms with van der Waals surface area (Å²) in [7, 11) is 0. The van der Waals surface area contributed by atoms with E-state index in [1.807, 2.05) is 12.1 Å². The molecule has 2 heterocycles. The van der Waals surface area contributed by atoms with Gasteiger partial charge in [-0.05, 0) is 103 Å². The number of hydrogen-bond acceptors (Lipinski definition) is 3. The van der Waals surface area contributed by atoms with E-state index in [0.29, 0.717) is 0 Å². The van der Waals surface area contributed by atoms with Crippen LogP contribution in [0.15, 0.2) is 222 Å². The second kappa shape index (κ2) is 13.8. The molecule has 8 aromatic carbocycles. The lowest BCUT2D eigenvalue weighted by atomic mass is 9.67. The summed E-state index contributed by atoms with van der Waals surface area (Å²) >= 11 is 0. The molecule has 0 amide bonds. The van der Waals surface area contributed by atoms with Crippen molar-refractivity contribution in [2.24, 2.45) is 10.9 Å². The highest BCUT2D eigenvalue weighted by Crippen LogP contribution is 2.60. The van der Waals surface area contributed by atoms with Gasteiger partial charge in [0.15, 0.2) is 5.42 Å². The van der Waals surface area contributed by atoms with E-state index < -0.39 is 5.41 Å². The van der Waals surface area contributed by atoms with Gasteiger partial charge in [0.25, 0.3) is 0 Å². The first kappa shape index (κ1) is 34.5. The number of para-hydroxylation sites is 1. The van der Waals surface area contributed by atoms with Crippen molar-refractivity contribution in [3.05, 3.63) is 251 Å². The van der Waals surface area contributed by atoms with Gasteiger partial charge in [-0.2, -0.15) is 0 Å². The fraction of sp³-hybridized carbons (Fsp3) is 0.0702. The molecule has 0 saturated carbocycles. The molecule has 60 heavy (non-hydrogen) atoms. The van der Waals surface area contributed by atoms with Crippen LogP contribution in [0.2, 0.25) is 0 Å². The van der Waals surface area contributed by atoms with E-state index in [-0.39, 0.29) is 12.1 Å². The van der Waals surface area contributed by atoms with Crippen molar-refractivity contribution in [2.45, 2.75) is 18.0 Å². The number of nitrogens with zero attached hydrogens (tertiary/aromatic N) is 1. The summed E-state index contributed by atoms with van der Waals surface area (Å²) in [6.07, 6.45) is 9.40. The van der Waals surface area contributed by atoms with Gasteiger partial charge in [-0.3, -0.25) is 4.99 Å². The predicted molar refractivity (Wildman–Crippen MR) is 245 cm³/mol. The summed E-state index contributed by atoms with van der Waals surface area (Å²) in [6, 6.07) is 68.9. The zero-order valence-electron chi connectivity index (χ0n) is 32.9. The second-order valence-electron chi connectivity index (χ2n) is 16.1. The molecular weight excluding hydrogens is 729 g/mol. The van der Waals surface area contributed by atoms with Gasteiger partial charge in [0.05, 0.1) is 11.1 Å². The van der Waals surface area contributed by atoms with Crippen LogP contribution >= 0.6 is 0 Å². The number of allylic oxidation sites excluding steroid dienone is 3. The molecule has 9 aromatic rings. The number of benzene rings is 8. The van der Waals surface area contributed by atoms with Crippen molar-refractivity contribution in [2.75, 3.05) is 0 Å². The maximum absolute atomic E-state index is 6.46. The fourth-order valence-corrected chi connectivity index (χ4v) is 10.2. The molecule has 0 fully saturated rings. The van der Waals surface area contributed by atoms with Crippen molar-refractivity contribution in [3.8, 4) is 33.4 Å². The molecule has 2 unspecified atom stereocenters. The van der Waals surface area contributed by atoms with E-state index in [1.54, 1.807) is 0 Å². The van der Waals surface area contributed by atoms with Crippen LogP contribution in [-0.4, -0.2) is 0 Å². The quantitative estimate of drug-likeness (QED) is 0.183. The van der Waals surface area contributed by atoms with Gasteiger partial charge >= 0.3 is 0 Å². The Morgan fingerprint density at radius 3 is 1.95 bits per heavy atom. The lowest BCUT2D eigenvalue weighted by molar-refractivity contribution is 0.515. The Balaban J connectivity index is 1.04. The number of furan rings is 1. The topological polar surface area (TPSA) is 37.5 Å².